The second-order valence-corrected chi connectivity index (χ2v) is 5.91. The Hall–Kier alpha value is -1.05. The van der Waals surface area contributed by atoms with Crippen molar-refractivity contribution >= 4 is 19.7 Å². The molecule has 0 aromatic heterocycles. The quantitative estimate of drug-likeness (QED) is 0.782. The molecule has 0 spiro atoms. The summed E-state index contributed by atoms with van der Waals surface area (Å²) in [6.45, 7) is 3.69. The number of aryl methyl sites for hydroxylation is 1. The molecule has 0 atom stereocenters. The number of nitriles is 1. The van der Waals surface area contributed by atoms with Gasteiger partial charge < -0.3 is 0 Å². The zero-order valence-corrected chi connectivity index (χ0v) is 10.7. The third-order valence-electron chi connectivity index (χ3n) is 2.41. The maximum Gasteiger partial charge on any atom is 0.261 e. The standard InChI is InChI=1S/C11H12ClNO2S/c1-3-8-5-9(7-13)10(4-2)11(6-8)16(12,14)15/h5-6H,3-4H2,1-2H3. The Balaban J connectivity index is 3.65. The van der Waals surface area contributed by atoms with E-state index in [1.165, 1.54) is 0 Å². The van der Waals surface area contributed by atoms with Crippen molar-refractivity contribution < 1.29 is 8.42 Å². The van der Waals surface area contributed by atoms with Crippen molar-refractivity contribution in [3.63, 3.8) is 0 Å². The van der Waals surface area contributed by atoms with Crippen LogP contribution in [0.15, 0.2) is 17.0 Å². The summed E-state index contributed by atoms with van der Waals surface area (Å²) in [5, 5.41) is 8.97. The van der Waals surface area contributed by atoms with E-state index in [1.54, 1.807) is 19.1 Å². The van der Waals surface area contributed by atoms with Gasteiger partial charge in [0.25, 0.3) is 9.05 Å². The highest BCUT2D eigenvalue weighted by molar-refractivity contribution is 8.13. The Kier molecular flexibility index (Phi) is 3.95. The van der Waals surface area contributed by atoms with Gasteiger partial charge in [0.15, 0.2) is 0 Å². The Bertz CT molecular complexity index is 544. The summed E-state index contributed by atoms with van der Waals surface area (Å²) in [4.78, 5) is 0.0626. The van der Waals surface area contributed by atoms with Crippen LogP contribution >= 0.6 is 10.7 Å². The van der Waals surface area contributed by atoms with Crippen molar-refractivity contribution in [3.05, 3.63) is 28.8 Å². The zero-order chi connectivity index (χ0) is 12.3. The maximum absolute atomic E-state index is 11.4. The molecule has 0 amide bonds. The molecule has 3 nitrogen and oxygen atoms in total. The molecule has 0 saturated heterocycles. The minimum Gasteiger partial charge on any atom is -0.207 e. The summed E-state index contributed by atoms with van der Waals surface area (Å²) in [5.74, 6) is 0. The first kappa shape index (κ1) is 13.0. The van der Waals surface area contributed by atoms with Gasteiger partial charge in [-0.25, -0.2) is 8.42 Å². The lowest BCUT2D eigenvalue weighted by atomic mass is 10.0. The van der Waals surface area contributed by atoms with Crippen LogP contribution in [0.3, 0.4) is 0 Å². The number of benzene rings is 1. The number of halogens is 1. The van der Waals surface area contributed by atoms with Gasteiger partial charge in [-0.05, 0) is 36.1 Å². The van der Waals surface area contributed by atoms with E-state index < -0.39 is 9.05 Å². The molecule has 0 heterocycles. The molecule has 0 unspecified atom stereocenters. The van der Waals surface area contributed by atoms with Crippen LogP contribution in [0.2, 0.25) is 0 Å². The topological polar surface area (TPSA) is 57.9 Å². The molecule has 86 valence electrons. The van der Waals surface area contributed by atoms with Crippen LogP contribution in [-0.2, 0) is 21.9 Å². The van der Waals surface area contributed by atoms with Crippen LogP contribution in [0, 0.1) is 11.3 Å². The summed E-state index contributed by atoms with van der Waals surface area (Å²) >= 11 is 0. The molecule has 0 N–H and O–H groups in total. The normalized spacial score (nSPS) is 11.1. The molecule has 1 aromatic carbocycles. The minimum atomic E-state index is -3.79. The average Bonchev–Trinajstić information content (AvgIpc) is 2.25. The fourth-order valence-electron chi connectivity index (χ4n) is 1.59. The molecular weight excluding hydrogens is 246 g/mol. The van der Waals surface area contributed by atoms with Crippen molar-refractivity contribution in [2.75, 3.05) is 0 Å². The predicted molar refractivity (Wildman–Crippen MR) is 63.0 cm³/mol. The van der Waals surface area contributed by atoms with Crippen LogP contribution < -0.4 is 0 Å². The number of hydrogen-bond acceptors (Lipinski definition) is 3. The smallest absolute Gasteiger partial charge is 0.207 e. The highest BCUT2D eigenvalue weighted by atomic mass is 35.7. The van der Waals surface area contributed by atoms with Gasteiger partial charge in [-0.1, -0.05) is 13.8 Å². The predicted octanol–water partition coefficient (Wildman–Crippen LogP) is 2.61. The Morgan fingerprint density at radius 2 is 1.94 bits per heavy atom. The molecule has 0 aliphatic heterocycles. The lowest BCUT2D eigenvalue weighted by Gasteiger charge is -2.09. The second-order valence-electron chi connectivity index (χ2n) is 3.38. The third-order valence-corrected chi connectivity index (χ3v) is 3.80. The molecule has 0 bridgehead atoms. The Morgan fingerprint density at radius 3 is 2.31 bits per heavy atom. The first-order valence-electron chi connectivity index (χ1n) is 4.94. The van der Waals surface area contributed by atoms with E-state index in [2.05, 4.69) is 0 Å². The van der Waals surface area contributed by atoms with E-state index in [0.717, 1.165) is 5.56 Å². The molecule has 0 radical (unpaired) electrons. The fourth-order valence-corrected chi connectivity index (χ4v) is 2.84. The van der Waals surface area contributed by atoms with Crippen molar-refractivity contribution in [1.82, 2.24) is 0 Å². The van der Waals surface area contributed by atoms with Crippen molar-refractivity contribution in [1.29, 1.82) is 5.26 Å². The van der Waals surface area contributed by atoms with E-state index >= 15 is 0 Å². The summed E-state index contributed by atoms with van der Waals surface area (Å²) in [7, 11) is 1.57. The molecular formula is C11H12ClNO2S. The molecule has 1 rings (SSSR count). The summed E-state index contributed by atoms with van der Waals surface area (Å²) < 4.78 is 22.8. The molecule has 0 saturated carbocycles. The minimum absolute atomic E-state index is 0.0626. The highest BCUT2D eigenvalue weighted by Gasteiger charge is 2.18. The first-order chi connectivity index (χ1) is 7.43. The lowest BCUT2D eigenvalue weighted by molar-refractivity contribution is 0.608. The van der Waals surface area contributed by atoms with Gasteiger partial charge >= 0.3 is 0 Å². The molecule has 0 aliphatic carbocycles. The maximum atomic E-state index is 11.4. The molecule has 16 heavy (non-hydrogen) atoms. The molecule has 0 fully saturated rings. The third kappa shape index (κ3) is 2.55. The summed E-state index contributed by atoms with van der Waals surface area (Å²) in [6, 6.07) is 5.27. The molecule has 1 aromatic rings. The van der Waals surface area contributed by atoms with Crippen molar-refractivity contribution in [2.45, 2.75) is 31.6 Å². The van der Waals surface area contributed by atoms with E-state index in [0.29, 0.717) is 24.0 Å². The van der Waals surface area contributed by atoms with Gasteiger partial charge in [0.05, 0.1) is 16.5 Å². The van der Waals surface area contributed by atoms with E-state index in [-0.39, 0.29) is 4.90 Å². The van der Waals surface area contributed by atoms with Gasteiger partial charge in [0, 0.05) is 10.7 Å². The van der Waals surface area contributed by atoms with Gasteiger partial charge in [0.2, 0.25) is 0 Å². The van der Waals surface area contributed by atoms with Crippen LogP contribution in [0.1, 0.15) is 30.5 Å². The van der Waals surface area contributed by atoms with Gasteiger partial charge in [-0.3, -0.25) is 0 Å². The summed E-state index contributed by atoms with van der Waals surface area (Å²) in [5.41, 5.74) is 1.68. The first-order valence-corrected chi connectivity index (χ1v) is 7.25. The lowest BCUT2D eigenvalue weighted by Crippen LogP contribution is -2.02. The average molecular weight is 258 g/mol. The van der Waals surface area contributed by atoms with Crippen LogP contribution in [0.5, 0.6) is 0 Å². The van der Waals surface area contributed by atoms with Gasteiger partial charge in [-0.15, -0.1) is 0 Å². The van der Waals surface area contributed by atoms with Gasteiger partial charge in [-0.2, -0.15) is 5.26 Å². The molecule has 0 aliphatic rings. The van der Waals surface area contributed by atoms with Crippen molar-refractivity contribution in [2.24, 2.45) is 0 Å². The Morgan fingerprint density at radius 1 is 1.31 bits per heavy atom. The van der Waals surface area contributed by atoms with E-state index in [1.807, 2.05) is 13.0 Å². The number of rotatable bonds is 3. The van der Waals surface area contributed by atoms with Crippen LogP contribution in [-0.4, -0.2) is 8.42 Å². The van der Waals surface area contributed by atoms with E-state index in [9.17, 15) is 8.42 Å². The summed E-state index contributed by atoms with van der Waals surface area (Å²) in [6.07, 6.45) is 1.13. The van der Waals surface area contributed by atoms with Gasteiger partial charge in [0.1, 0.15) is 0 Å². The Labute approximate surface area is 100 Å². The monoisotopic (exact) mass is 257 g/mol. The SMILES string of the molecule is CCc1cc(C#N)c(CC)c(S(=O)(=O)Cl)c1. The van der Waals surface area contributed by atoms with Crippen molar-refractivity contribution in [3.8, 4) is 6.07 Å². The zero-order valence-electron chi connectivity index (χ0n) is 9.12. The largest absolute Gasteiger partial charge is 0.261 e. The van der Waals surface area contributed by atoms with Crippen LogP contribution in [0.25, 0.3) is 0 Å². The number of hydrogen-bond donors (Lipinski definition) is 0. The second kappa shape index (κ2) is 4.86. The fraction of sp³-hybridized carbons (Fsp3) is 0.364. The van der Waals surface area contributed by atoms with Crippen LogP contribution in [0.4, 0.5) is 0 Å². The molecule has 5 heteroatoms. The highest BCUT2D eigenvalue weighted by Crippen LogP contribution is 2.25. The number of nitrogens with zero attached hydrogens (tertiary/aromatic N) is 1. The van der Waals surface area contributed by atoms with E-state index in [4.69, 9.17) is 15.9 Å².